The average Bonchev–Trinajstić information content (AvgIpc) is 3.16. The van der Waals surface area contributed by atoms with Crippen LogP contribution in [0.1, 0.15) is 28.8 Å². The highest BCUT2D eigenvalue weighted by atomic mass is 32.2. The van der Waals surface area contributed by atoms with Crippen LogP contribution in [0.4, 0.5) is 5.69 Å². The fraction of sp³-hybridized carbons (Fsp3) is 0.286. The van der Waals surface area contributed by atoms with E-state index >= 15 is 0 Å². The smallest absolute Gasteiger partial charge is 0.255 e. The van der Waals surface area contributed by atoms with E-state index in [0.717, 1.165) is 46.4 Å². The second kappa shape index (κ2) is 9.37. The Morgan fingerprint density at radius 1 is 1.28 bits per heavy atom. The van der Waals surface area contributed by atoms with Gasteiger partial charge in [0.1, 0.15) is 0 Å². The largest absolute Gasteiger partial charge is 0.353 e. The van der Waals surface area contributed by atoms with Crippen LogP contribution in [0, 0.1) is 11.3 Å². The Morgan fingerprint density at radius 2 is 2.14 bits per heavy atom. The van der Waals surface area contributed by atoms with E-state index in [-0.39, 0.29) is 12.2 Å². The summed E-state index contributed by atoms with van der Waals surface area (Å²) in [7, 11) is 0. The molecular weight excluding hydrogens is 406 g/mol. The second-order valence-electron chi connectivity index (χ2n) is 6.47. The SMILES string of the molecule is N#Cc1cccc(C(=O)Nc2ccc3nc(SCCC4OCCCO4)sc3c2)c1. The molecule has 8 heteroatoms. The van der Waals surface area contributed by atoms with Crippen LogP contribution in [-0.4, -0.2) is 36.1 Å². The highest BCUT2D eigenvalue weighted by molar-refractivity contribution is 8.01. The summed E-state index contributed by atoms with van der Waals surface area (Å²) in [6, 6.07) is 14.4. The van der Waals surface area contributed by atoms with Crippen LogP contribution < -0.4 is 5.32 Å². The van der Waals surface area contributed by atoms with Crippen molar-refractivity contribution in [3.05, 3.63) is 53.6 Å². The molecule has 1 fully saturated rings. The molecule has 29 heavy (non-hydrogen) atoms. The minimum Gasteiger partial charge on any atom is -0.353 e. The number of rotatable bonds is 6. The van der Waals surface area contributed by atoms with E-state index in [0.29, 0.717) is 16.8 Å². The van der Waals surface area contributed by atoms with Gasteiger partial charge in [0.2, 0.25) is 0 Å². The lowest BCUT2D eigenvalue weighted by Crippen LogP contribution is -2.25. The standard InChI is InChI=1S/C21H19N3O3S2/c22-13-14-3-1-4-15(11-14)20(25)23-16-5-6-17-18(12-16)29-21(24-17)28-10-7-19-26-8-2-9-27-19/h1,3-6,11-12,19H,2,7-10H2,(H,23,25). The Kier molecular flexibility index (Phi) is 6.42. The summed E-state index contributed by atoms with van der Waals surface area (Å²) >= 11 is 3.29. The molecular formula is C21H19N3O3S2. The summed E-state index contributed by atoms with van der Waals surface area (Å²) in [5.41, 5.74) is 2.53. The van der Waals surface area contributed by atoms with Crippen LogP contribution in [0.25, 0.3) is 10.2 Å². The lowest BCUT2D eigenvalue weighted by Gasteiger charge is -2.22. The van der Waals surface area contributed by atoms with Gasteiger partial charge in [-0.15, -0.1) is 11.3 Å². The Bertz CT molecular complexity index is 1050. The van der Waals surface area contributed by atoms with E-state index in [2.05, 4.69) is 10.3 Å². The van der Waals surface area contributed by atoms with E-state index in [1.807, 2.05) is 24.3 Å². The lowest BCUT2D eigenvalue weighted by molar-refractivity contribution is -0.178. The Morgan fingerprint density at radius 3 is 2.97 bits per heavy atom. The maximum absolute atomic E-state index is 12.5. The van der Waals surface area contributed by atoms with Gasteiger partial charge in [0.25, 0.3) is 5.91 Å². The topological polar surface area (TPSA) is 84.2 Å². The monoisotopic (exact) mass is 425 g/mol. The van der Waals surface area contributed by atoms with Crippen LogP contribution in [0.5, 0.6) is 0 Å². The summed E-state index contributed by atoms with van der Waals surface area (Å²) < 4.78 is 13.1. The van der Waals surface area contributed by atoms with Gasteiger partial charge in [-0.25, -0.2) is 4.98 Å². The van der Waals surface area contributed by atoms with Crippen molar-refractivity contribution in [1.29, 1.82) is 5.26 Å². The normalized spacial score (nSPS) is 14.6. The average molecular weight is 426 g/mol. The van der Waals surface area contributed by atoms with Crippen molar-refractivity contribution < 1.29 is 14.3 Å². The number of benzene rings is 2. The fourth-order valence-corrected chi connectivity index (χ4v) is 5.06. The summed E-state index contributed by atoms with van der Waals surface area (Å²) in [4.78, 5) is 17.1. The number of thioether (sulfide) groups is 1. The number of ether oxygens (including phenoxy) is 2. The third-order valence-corrected chi connectivity index (χ3v) is 6.55. The van der Waals surface area contributed by atoms with Crippen LogP contribution in [0.2, 0.25) is 0 Å². The predicted octanol–water partition coefficient (Wildman–Crippen LogP) is 4.67. The molecule has 3 aromatic rings. The molecule has 0 radical (unpaired) electrons. The summed E-state index contributed by atoms with van der Waals surface area (Å²) in [5.74, 6) is 0.636. The summed E-state index contributed by atoms with van der Waals surface area (Å²) in [6.07, 6.45) is 1.69. The van der Waals surface area contributed by atoms with Gasteiger partial charge in [0.05, 0.1) is 35.1 Å². The van der Waals surface area contributed by atoms with Crippen molar-refractivity contribution in [1.82, 2.24) is 4.98 Å². The van der Waals surface area contributed by atoms with E-state index in [4.69, 9.17) is 14.7 Å². The number of fused-ring (bicyclic) bond motifs is 1. The van der Waals surface area contributed by atoms with Gasteiger partial charge in [0, 0.05) is 23.4 Å². The first-order valence-corrected chi connectivity index (χ1v) is 11.1. The van der Waals surface area contributed by atoms with Crippen LogP contribution in [0.15, 0.2) is 46.8 Å². The Balaban J connectivity index is 1.38. The van der Waals surface area contributed by atoms with Gasteiger partial charge in [0.15, 0.2) is 10.6 Å². The zero-order valence-electron chi connectivity index (χ0n) is 15.6. The molecule has 1 aliphatic heterocycles. The van der Waals surface area contributed by atoms with Crippen LogP contribution in [-0.2, 0) is 9.47 Å². The van der Waals surface area contributed by atoms with E-state index in [1.165, 1.54) is 0 Å². The molecule has 0 spiro atoms. The maximum Gasteiger partial charge on any atom is 0.255 e. The molecule has 0 atom stereocenters. The summed E-state index contributed by atoms with van der Waals surface area (Å²) in [6.45, 7) is 1.54. The van der Waals surface area contributed by atoms with Crippen molar-refractivity contribution >= 4 is 44.9 Å². The number of aromatic nitrogens is 1. The molecule has 0 aliphatic carbocycles. The molecule has 0 unspecified atom stereocenters. The van der Waals surface area contributed by atoms with Gasteiger partial charge >= 0.3 is 0 Å². The second-order valence-corrected chi connectivity index (χ2v) is 8.84. The molecule has 1 N–H and O–H groups in total. The number of nitrogens with one attached hydrogen (secondary N) is 1. The quantitative estimate of drug-likeness (QED) is 0.578. The van der Waals surface area contributed by atoms with Crippen molar-refractivity contribution in [3.63, 3.8) is 0 Å². The molecule has 1 aliphatic rings. The van der Waals surface area contributed by atoms with E-state index in [1.54, 1.807) is 47.4 Å². The number of amides is 1. The molecule has 1 aromatic heterocycles. The number of carbonyl (C=O) groups excluding carboxylic acids is 1. The van der Waals surface area contributed by atoms with E-state index < -0.39 is 0 Å². The van der Waals surface area contributed by atoms with Crippen molar-refractivity contribution in [2.45, 2.75) is 23.5 Å². The highest BCUT2D eigenvalue weighted by Crippen LogP contribution is 2.32. The van der Waals surface area contributed by atoms with Gasteiger partial charge < -0.3 is 14.8 Å². The number of nitrogens with zero attached hydrogens (tertiary/aromatic N) is 2. The molecule has 6 nitrogen and oxygen atoms in total. The third kappa shape index (κ3) is 5.14. The first-order chi connectivity index (χ1) is 14.2. The predicted molar refractivity (Wildman–Crippen MR) is 114 cm³/mol. The number of anilines is 1. The number of nitriles is 1. The molecule has 1 amide bonds. The minimum absolute atomic E-state index is 0.105. The zero-order valence-corrected chi connectivity index (χ0v) is 17.2. The first-order valence-electron chi connectivity index (χ1n) is 9.29. The van der Waals surface area contributed by atoms with Crippen LogP contribution in [0.3, 0.4) is 0 Å². The molecule has 2 aromatic carbocycles. The number of hydrogen-bond donors (Lipinski definition) is 1. The highest BCUT2D eigenvalue weighted by Gasteiger charge is 2.15. The number of carbonyl (C=O) groups is 1. The minimum atomic E-state index is -0.243. The van der Waals surface area contributed by atoms with Gasteiger partial charge in [-0.2, -0.15) is 5.26 Å². The maximum atomic E-state index is 12.5. The van der Waals surface area contributed by atoms with Crippen LogP contribution >= 0.6 is 23.1 Å². The number of thiazole rings is 1. The van der Waals surface area contributed by atoms with Crippen molar-refractivity contribution in [2.24, 2.45) is 0 Å². The molecule has 0 saturated carbocycles. The fourth-order valence-electron chi connectivity index (χ4n) is 2.92. The molecule has 4 rings (SSSR count). The Labute approximate surface area is 176 Å². The van der Waals surface area contributed by atoms with Gasteiger partial charge in [-0.1, -0.05) is 17.8 Å². The summed E-state index contributed by atoms with van der Waals surface area (Å²) in [5, 5.41) is 11.9. The molecule has 0 bridgehead atoms. The molecule has 2 heterocycles. The van der Waals surface area contributed by atoms with Gasteiger partial charge in [-0.05, 0) is 42.8 Å². The zero-order chi connectivity index (χ0) is 20.1. The third-order valence-electron chi connectivity index (χ3n) is 4.36. The lowest BCUT2D eigenvalue weighted by atomic mass is 10.1. The number of hydrogen-bond acceptors (Lipinski definition) is 7. The Hall–Kier alpha value is -2.44. The molecule has 148 valence electrons. The van der Waals surface area contributed by atoms with Gasteiger partial charge in [-0.3, -0.25) is 4.79 Å². The van der Waals surface area contributed by atoms with Crippen molar-refractivity contribution in [3.8, 4) is 6.07 Å². The first kappa shape index (κ1) is 19.9. The van der Waals surface area contributed by atoms with E-state index in [9.17, 15) is 4.79 Å². The van der Waals surface area contributed by atoms with Crippen molar-refractivity contribution in [2.75, 3.05) is 24.3 Å². The molecule has 1 saturated heterocycles.